The monoisotopic (exact) mass is 312 g/mol. The van der Waals surface area contributed by atoms with Crippen molar-refractivity contribution >= 4 is 11.7 Å². The normalized spacial score (nSPS) is 14.7. The largest absolute Gasteiger partial charge is 0.494 e. The van der Waals surface area contributed by atoms with Gasteiger partial charge in [0, 0.05) is 11.6 Å². The summed E-state index contributed by atoms with van der Waals surface area (Å²) in [5.74, 6) is 1.99. The lowest BCUT2D eigenvalue weighted by Crippen LogP contribution is -2.50. The second-order valence-electron chi connectivity index (χ2n) is 5.48. The molecule has 1 saturated heterocycles. The minimum Gasteiger partial charge on any atom is -0.494 e. The van der Waals surface area contributed by atoms with Crippen LogP contribution in [0.5, 0.6) is 5.75 Å². The summed E-state index contributed by atoms with van der Waals surface area (Å²) in [5.41, 5.74) is 0.716. The number of hydrogen-bond donors (Lipinski definition) is 0. The third-order valence-electron chi connectivity index (χ3n) is 4.01. The van der Waals surface area contributed by atoms with Gasteiger partial charge in [-0.15, -0.1) is 0 Å². The fourth-order valence-corrected chi connectivity index (χ4v) is 2.77. The number of amides is 1. The van der Waals surface area contributed by atoms with Crippen LogP contribution >= 0.6 is 0 Å². The van der Waals surface area contributed by atoms with Gasteiger partial charge in [-0.05, 0) is 37.3 Å². The Bertz CT molecular complexity index is 635. The first kappa shape index (κ1) is 15.3. The van der Waals surface area contributed by atoms with Crippen molar-refractivity contribution in [1.29, 1.82) is 0 Å². The van der Waals surface area contributed by atoms with Gasteiger partial charge in [0.25, 0.3) is 11.7 Å². The molecule has 1 amide bonds. The summed E-state index contributed by atoms with van der Waals surface area (Å²) < 4.78 is 5.41. The van der Waals surface area contributed by atoms with Crippen LogP contribution in [0.1, 0.15) is 17.3 Å². The number of H-pyrrole nitrogens is 1. The molecule has 1 aromatic carbocycles. The third kappa shape index (κ3) is 3.62. The van der Waals surface area contributed by atoms with Gasteiger partial charge in [-0.1, -0.05) is 6.07 Å². The first-order valence-corrected chi connectivity index (χ1v) is 8.01. The summed E-state index contributed by atoms with van der Waals surface area (Å²) in [7, 11) is 0. The number of aromatic nitrogens is 1. The molecule has 0 atom stereocenters. The maximum atomic E-state index is 12.6. The van der Waals surface area contributed by atoms with Gasteiger partial charge in [-0.25, -0.2) is 4.98 Å². The van der Waals surface area contributed by atoms with Gasteiger partial charge in [-0.3, -0.25) is 9.69 Å². The number of hydrogen-bond acceptors (Lipinski definition) is 3. The topological polar surface area (TPSA) is 46.9 Å². The highest BCUT2D eigenvalue weighted by Crippen LogP contribution is 2.16. The van der Waals surface area contributed by atoms with Gasteiger partial charge in [0.2, 0.25) is 0 Å². The van der Waals surface area contributed by atoms with Crippen molar-refractivity contribution in [3.8, 4) is 5.75 Å². The Balaban J connectivity index is 1.59. The summed E-state index contributed by atoms with van der Waals surface area (Å²) in [6.07, 6.45) is 1.92. The smallest absolute Gasteiger partial charge is 0.274 e. The number of pyridine rings is 1. The number of benzene rings is 1. The van der Waals surface area contributed by atoms with Crippen LogP contribution in [0, 0.1) is 0 Å². The quantitative estimate of drug-likeness (QED) is 0.866. The molecular weight excluding hydrogens is 290 g/mol. The number of anilines is 1. The molecular formula is C18H22N3O2+. The van der Waals surface area contributed by atoms with Crippen molar-refractivity contribution < 1.29 is 14.5 Å². The Morgan fingerprint density at radius 3 is 2.43 bits per heavy atom. The molecule has 0 bridgehead atoms. The molecule has 1 N–H and O–H groups in total. The standard InChI is InChI=1S/C18H21N3O2/c1-2-23-16-8-6-15(7-9-16)18(22)21-13-11-20(12-14-21)17-5-3-4-10-19-17/h3-10H,2,11-14H2,1H3/p+1. The molecule has 3 rings (SSSR count). The molecule has 5 heteroatoms. The molecule has 1 aliphatic rings. The molecule has 1 aromatic heterocycles. The van der Waals surface area contributed by atoms with Crippen molar-refractivity contribution in [3.05, 3.63) is 54.2 Å². The SMILES string of the molecule is CCOc1ccc(C(=O)N2CCN(c3cccc[nH+]3)CC2)cc1. The number of nitrogens with one attached hydrogen (secondary N) is 1. The summed E-state index contributed by atoms with van der Waals surface area (Å²) in [5, 5.41) is 0. The predicted octanol–water partition coefficient (Wildman–Crippen LogP) is 1.86. The van der Waals surface area contributed by atoms with E-state index in [0.29, 0.717) is 12.2 Å². The summed E-state index contributed by atoms with van der Waals surface area (Å²) in [4.78, 5) is 20.0. The molecule has 0 unspecified atom stereocenters. The van der Waals surface area contributed by atoms with E-state index in [2.05, 4.69) is 16.0 Å². The molecule has 0 aliphatic carbocycles. The Morgan fingerprint density at radius 1 is 1.09 bits per heavy atom. The maximum Gasteiger partial charge on any atom is 0.274 e. The Kier molecular flexibility index (Phi) is 4.76. The minimum absolute atomic E-state index is 0.0877. The second-order valence-corrected chi connectivity index (χ2v) is 5.48. The van der Waals surface area contributed by atoms with Gasteiger partial charge in [0.05, 0.1) is 25.9 Å². The van der Waals surface area contributed by atoms with Crippen LogP contribution in [0.3, 0.4) is 0 Å². The molecule has 2 heterocycles. The van der Waals surface area contributed by atoms with E-state index in [4.69, 9.17) is 4.74 Å². The zero-order valence-corrected chi connectivity index (χ0v) is 13.4. The van der Waals surface area contributed by atoms with Gasteiger partial charge < -0.3 is 9.64 Å². The molecule has 0 radical (unpaired) electrons. The van der Waals surface area contributed by atoms with Crippen molar-refractivity contribution in [2.24, 2.45) is 0 Å². The fourth-order valence-electron chi connectivity index (χ4n) is 2.77. The van der Waals surface area contributed by atoms with Crippen LogP contribution < -0.4 is 14.6 Å². The van der Waals surface area contributed by atoms with E-state index in [0.717, 1.165) is 37.7 Å². The van der Waals surface area contributed by atoms with Gasteiger partial charge in [0.1, 0.15) is 18.8 Å². The minimum atomic E-state index is 0.0877. The number of carbonyl (C=O) groups is 1. The number of rotatable bonds is 4. The Morgan fingerprint density at radius 2 is 1.83 bits per heavy atom. The van der Waals surface area contributed by atoms with E-state index in [1.807, 2.05) is 54.4 Å². The average molecular weight is 312 g/mol. The van der Waals surface area contributed by atoms with Gasteiger partial charge in [0.15, 0.2) is 0 Å². The van der Waals surface area contributed by atoms with Crippen LogP contribution in [0.15, 0.2) is 48.7 Å². The van der Waals surface area contributed by atoms with Gasteiger partial charge in [-0.2, -0.15) is 0 Å². The highest BCUT2D eigenvalue weighted by atomic mass is 16.5. The number of piperazine rings is 1. The van der Waals surface area contributed by atoms with Crippen molar-refractivity contribution in [1.82, 2.24) is 4.90 Å². The lowest BCUT2D eigenvalue weighted by molar-refractivity contribution is -0.364. The van der Waals surface area contributed by atoms with E-state index in [1.165, 1.54) is 0 Å². The molecule has 1 fully saturated rings. The first-order chi connectivity index (χ1) is 11.3. The van der Waals surface area contributed by atoms with Crippen LogP contribution in [0.25, 0.3) is 0 Å². The lowest BCUT2D eigenvalue weighted by atomic mass is 10.1. The molecule has 120 valence electrons. The molecule has 23 heavy (non-hydrogen) atoms. The average Bonchev–Trinajstić information content (AvgIpc) is 2.63. The van der Waals surface area contributed by atoms with E-state index >= 15 is 0 Å². The molecule has 0 spiro atoms. The molecule has 2 aromatic rings. The van der Waals surface area contributed by atoms with Gasteiger partial charge >= 0.3 is 0 Å². The van der Waals surface area contributed by atoms with E-state index in [1.54, 1.807) is 0 Å². The Labute approximate surface area is 136 Å². The summed E-state index contributed by atoms with van der Waals surface area (Å²) >= 11 is 0. The number of carbonyl (C=O) groups excluding carboxylic acids is 1. The molecule has 5 nitrogen and oxygen atoms in total. The lowest BCUT2D eigenvalue weighted by Gasteiger charge is -2.31. The van der Waals surface area contributed by atoms with E-state index in [-0.39, 0.29) is 5.91 Å². The van der Waals surface area contributed by atoms with Crippen LogP contribution in [0.4, 0.5) is 5.82 Å². The molecule has 1 aliphatic heterocycles. The Hall–Kier alpha value is -2.56. The zero-order valence-electron chi connectivity index (χ0n) is 13.4. The maximum absolute atomic E-state index is 12.6. The summed E-state index contributed by atoms with van der Waals surface area (Å²) in [6, 6.07) is 13.4. The van der Waals surface area contributed by atoms with Crippen molar-refractivity contribution in [2.75, 3.05) is 37.7 Å². The third-order valence-corrected chi connectivity index (χ3v) is 4.01. The summed E-state index contributed by atoms with van der Waals surface area (Å²) in [6.45, 7) is 5.71. The highest BCUT2D eigenvalue weighted by Gasteiger charge is 2.26. The van der Waals surface area contributed by atoms with Crippen LogP contribution in [0.2, 0.25) is 0 Å². The highest BCUT2D eigenvalue weighted by molar-refractivity contribution is 5.94. The van der Waals surface area contributed by atoms with Crippen molar-refractivity contribution in [3.63, 3.8) is 0 Å². The number of ether oxygens (including phenoxy) is 1. The fraction of sp³-hybridized carbons (Fsp3) is 0.333. The van der Waals surface area contributed by atoms with Crippen molar-refractivity contribution in [2.45, 2.75) is 6.92 Å². The van der Waals surface area contributed by atoms with E-state index in [9.17, 15) is 4.79 Å². The number of aromatic amines is 1. The van der Waals surface area contributed by atoms with Crippen LogP contribution in [-0.4, -0.2) is 43.6 Å². The first-order valence-electron chi connectivity index (χ1n) is 8.01. The molecule has 0 saturated carbocycles. The van der Waals surface area contributed by atoms with Crippen LogP contribution in [-0.2, 0) is 0 Å². The van der Waals surface area contributed by atoms with E-state index < -0.39 is 0 Å². The second kappa shape index (κ2) is 7.13. The number of nitrogens with zero attached hydrogens (tertiary/aromatic N) is 2. The predicted molar refractivity (Wildman–Crippen MR) is 88.7 cm³/mol. The zero-order chi connectivity index (χ0) is 16.1.